The van der Waals surface area contributed by atoms with Crippen molar-refractivity contribution in [3.05, 3.63) is 53.6 Å². The third kappa shape index (κ3) is 4.92. The molecular formula is C18H16F2O6. The molecule has 2 rings (SSSR count). The fourth-order valence-electron chi connectivity index (χ4n) is 2.08. The SMILES string of the molecule is COc1ccc(C(=O)COC(=O)c2ccc(OC(F)F)cc2)cc1OC. The number of halogens is 2. The van der Waals surface area contributed by atoms with Crippen molar-refractivity contribution in [1.82, 2.24) is 0 Å². The van der Waals surface area contributed by atoms with Crippen molar-refractivity contribution in [2.75, 3.05) is 20.8 Å². The molecule has 2 aromatic rings. The zero-order chi connectivity index (χ0) is 19.1. The van der Waals surface area contributed by atoms with E-state index >= 15 is 0 Å². The molecule has 2 aromatic carbocycles. The van der Waals surface area contributed by atoms with Crippen LogP contribution in [0.4, 0.5) is 8.78 Å². The van der Waals surface area contributed by atoms with E-state index < -0.39 is 25.0 Å². The summed E-state index contributed by atoms with van der Waals surface area (Å²) in [5.74, 6) is -0.441. The maximum absolute atomic E-state index is 12.1. The smallest absolute Gasteiger partial charge is 0.387 e. The number of rotatable bonds is 8. The fourth-order valence-corrected chi connectivity index (χ4v) is 2.08. The Hall–Kier alpha value is -3.16. The summed E-state index contributed by atoms with van der Waals surface area (Å²) in [6, 6.07) is 9.51. The Kier molecular flexibility index (Phi) is 6.48. The second kappa shape index (κ2) is 8.80. The molecule has 0 fully saturated rings. The number of alkyl halides is 2. The van der Waals surface area contributed by atoms with Crippen LogP contribution in [-0.4, -0.2) is 39.2 Å². The molecule has 0 atom stereocenters. The number of hydrogen-bond acceptors (Lipinski definition) is 6. The largest absolute Gasteiger partial charge is 0.493 e. The lowest BCUT2D eigenvalue weighted by atomic mass is 10.1. The van der Waals surface area contributed by atoms with Crippen molar-refractivity contribution < 1.29 is 37.3 Å². The first-order valence-electron chi connectivity index (χ1n) is 7.42. The predicted molar refractivity (Wildman–Crippen MR) is 87.2 cm³/mol. The lowest BCUT2D eigenvalue weighted by Crippen LogP contribution is -2.14. The standard InChI is InChI=1S/C18H16F2O6/c1-23-15-8-5-12(9-16(15)24-2)14(21)10-25-17(22)11-3-6-13(7-4-11)26-18(19)20/h3-9,18H,10H2,1-2H3. The molecule has 0 bridgehead atoms. The number of carbonyl (C=O) groups excluding carboxylic acids is 2. The quantitative estimate of drug-likeness (QED) is 0.527. The first-order chi connectivity index (χ1) is 12.4. The van der Waals surface area contributed by atoms with Gasteiger partial charge in [0.25, 0.3) is 0 Å². The molecule has 0 spiro atoms. The molecule has 0 radical (unpaired) electrons. The zero-order valence-corrected chi connectivity index (χ0v) is 14.0. The van der Waals surface area contributed by atoms with Gasteiger partial charge in [-0.15, -0.1) is 0 Å². The lowest BCUT2D eigenvalue weighted by Gasteiger charge is -2.09. The van der Waals surface area contributed by atoms with Crippen LogP contribution in [0.5, 0.6) is 17.2 Å². The molecule has 0 aliphatic carbocycles. The van der Waals surface area contributed by atoms with E-state index in [9.17, 15) is 18.4 Å². The summed E-state index contributed by atoms with van der Waals surface area (Å²) in [6.45, 7) is -3.43. The van der Waals surface area contributed by atoms with Gasteiger partial charge in [-0.1, -0.05) is 0 Å². The van der Waals surface area contributed by atoms with E-state index in [1.165, 1.54) is 50.6 Å². The Bertz CT molecular complexity index is 774. The topological polar surface area (TPSA) is 71.1 Å². The van der Waals surface area contributed by atoms with E-state index in [1.807, 2.05) is 0 Å². The van der Waals surface area contributed by atoms with Crippen molar-refractivity contribution in [2.24, 2.45) is 0 Å². The molecular weight excluding hydrogens is 350 g/mol. The maximum Gasteiger partial charge on any atom is 0.387 e. The number of Topliss-reactive ketones (excluding diaryl/α,β-unsaturated/α-hetero) is 1. The van der Waals surface area contributed by atoms with Crippen molar-refractivity contribution in [2.45, 2.75) is 6.61 Å². The van der Waals surface area contributed by atoms with Crippen LogP contribution in [0, 0.1) is 0 Å². The molecule has 6 nitrogen and oxygen atoms in total. The number of esters is 1. The first kappa shape index (κ1) is 19.2. The summed E-state index contributed by atoms with van der Waals surface area (Å²) in [7, 11) is 2.91. The molecule has 8 heteroatoms. The Morgan fingerprint density at radius 3 is 2.12 bits per heavy atom. The monoisotopic (exact) mass is 366 g/mol. The highest BCUT2D eigenvalue weighted by molar-refractivity contribution is 5.99. The number of ketones is 1. The van der Waals surface area contributed by atoms with Gasteiger partial charge in [0.1, 0.15) is 5.75 Å². The Morgan fingerprint density at radius 2 is 1.54 bits per heavy atom. The van der Waals surface area contributed by atoms with Gasteiger partial charge < -0.3 is 18.9 Å². The van der Waals surface area contributed by atoms with Gasteiger partial charge >= 0.3 is 12.6 Å². The summed E-state index contributed by atoms with van der Waals surface area (Å²) in [5, 5.41) is 0. The summed E-state index contributed by atoms with van der Waals surface area (Å²) in [6.07, 6.45) is 0. The molecule has 0 unspecified atom stereocenters. The van der Waals surface area contributed by atoms with Crippen molar-refractivity contribution in [3.63, 3.8) is 0 Å². The highest BCUT2D eigenvalue weighted by atomic mass is 19.3. The molecule has 138 valence electrons. The van der Waals surface area contributed by atoms with Crippen LogP contribution in [0.3, 0.4) is 0 Å². The lowest BCUT2D eigenvalue weighted by molar-refractivity contribution is -0.0498. The summed E-state index contributed by atoms with van der Waals surface area (Å²) >= 11 is 0. The second-order valence-electron chi connectivity index (χ2n) is 4.97. The number of hydrogen-bond donors (Lipinski definition) is 0. The van der Waals surface area contributed by atoms with E-state index in [4.69, 9.17) is 14.2 Å². The second-order valence-corrected chi connectivity index (χ2v) is 4.97. The number of ether oxygens (including phenoxy) is 4. The summed E-state index contributed by atoms with van der Waals surface area (Å²) in [4.78, 5) is 24.1. The van der Waals surface area contributed by atoms with Gasteiger partial charge in [-0.3, -0.25) is 4.79 Å². The fraction of sp³-hybridized carbons (Fsp3) is 0.222. The van der Waals surface area contributed by atoms with Gasteiger partial charge in [0.05, 0.1) is 19.8 Å². The molecule has 0 saturated heterocycles. The molecule has 0 heterocycles. The van der Waals surface area contributed by atoms with Crippen LogP contribution in [0.25, 0.3) is 0 Å². The summed E-state index contributed by atoms with van der Waals surface area (Å²) < 4.78 is 43.5. The van der Waals surface area contributed by atoms with E-state index in [0.29, 0.717) is 11.5 Å². The van der Waals surface area contributed by atoms with Gasteiger partial charge in [0, 0.05) is 5.56 Å². The van der Waals surface area contributed by atoms with Gasteiger partial charge in [0.2, 0.25) is 0 Å². The van der Waals surface area contributed by atoms with Crippen LogP contribution >= 0.6 is 0 Å². The van der Waals surface area contributed by atoms with Crippen molar-refractivity contribution >= 4 is 11.8 Å². The van der Waals surface area contributed by atoms with Crippen molar-refractivity contribution in [3.8, 4) is 17.2 Å². The van der Waals surface area contributed by atoms with E-state index in [0.717, 1.165) is 0 Å². The Balaban J connectivity index is 1.97. The minimum atomic E-state index is -2.95. The summed E-state index contributed by atoms with van der Waals surface area (Å²) in [5.41, 5.74) is 0.392. The molecule has 0 aliphatic rings. The van der Waals surface area contributed by atoms with E-state index in [1.54, 1.807) is 6.07 Å². The minimum absolute atomic E-state index is 0.0852. The molecule has 0 aliphatic heterocycles. The van der Waals surface area contributed by atoms with Crippen LogP contribution < -0.4 is 14.2 Å². The number of methoxy groups -OCH3 is 2. The van der Waals surface area contributed by atoms with E-state index in [-0.39, 0.29) is 16.9 Å². The zero-order valence-electron chi connectivity index (χ0n) is 14.0. The molecule has 0 N–H and O–H groups in total. The minimum Gasteiger partial charge on any atom is -0.493 e. The van der Waals surface area contributed by atoms with Crippen LogP contribution in [-0.2, 0) is 4.74 Å². The van der Waals surface area contributed by atoms with Gasteiger partial charge in [-0.25, -0.2) is 4.79 Å². The third-order valence-corrected chi connectivity index (χ3v) is 3.36. The molecule has 0 saturated carbocycles. The highest BCUT2D eigenvalue weighted by Crippen LogP contribution is 2.27. The normalized spacial score (nSPS) is 10.3. The highest BCUT2D eigenvalue weighted by Gasteiger charge is 2.15. The number of benzene rings is 2. The number of carbonyl (C=O) groups is 2. The van der Waals surface area contributed by atoms with Crippen LogP contribution in [0.15, 0.2) is 42.5 Å². The Labute approximate surface area is 148 Å². The van der Waals surface area contributed by atoms with E-state index in [2.05, 4.69) is 4.74 Å². The van der Waals surface area contributed by atoms with Gasteiger partial charge in [-0.2, -0.15) is 8.78 Å². The third-order valence-electron chi connectivity index (χ3n) is 3.36. The first-order valence-corrected chi connectivity index (χ1v) is 7.42. The predicted octanol–water partition coefficient (Wildman–Crippen LogP) is 3.34. The maximum atomic E-state index is 12.1. The molecule has 0 aromatic heterocycles. The van der Waals surface area contributed by atoms with Gasteiger partial charge in [0.15, 0.2) is 23.9 Å². The molecule has 26 heavy (non-hydrogen) atoms. The molecule has 0 amide bonds. The average molecular weight is 366 g/mol. The van der Waals surface area contributed by atoms with Crippen LogP contribution in [0.2, 0.25) is 0 Å². The van der Waals surface area contributed by atoms with Crippen molar-refractivity contribution in [1.29, 1.82) is 0 Å². The van der Waals surface area contributed by atoms with Crippen LogP contribution in [0.1, 0.15) is 20.7 Å². The van der Waals surface area contributed by atoms with Gasteiger partial charge in [-0.05, 0) is 42.5 Å². The average Bonchev–Trinajstić information content (AvgIpc) is 2.65. The Morgan fingerprint density at radius 1 is 0.923 bits per heavy atom.